The standard InChI is InChI=1S/C25H19ClN6O3S/c26-23-9-8-22(36-23)25(34)29-13-18-14-32(31-30-18)20-7-6-16(19-5-3-11-28-24(19)33)12-21(20)35-15-17-4-1-2-10-27-17/h1-12,14H,13,15H2,(H,28,33)(H,29,34). The molecule has 0 aliphatic rings. The monoisotopic (exact) mass is 518 g/mol. The van der Waals surface area contributed by atoms with Crippen molar-refractivity contribution in [3.05, 3.63) is 110 Å². The van der Waals surface area contributed by atoms with Crippen LogP contribution in [0.4, 0.5) is 0 Å². The first kappa shape index (κ1) is 23.5. The minimum absolute atomic E-state index is 0.190. The number of aromatic nitrogens is 5. The van der Waals surface area contributed by atoms with Crippen LogP contribution in [0.15, 0.2) is 84.0 Å². The van der Waals surface area contributed by atoms with E-state index in [-0.39, 0.29) is 24.6 Å². The van der Waals surface area contributed by atoms with Crippen LogP contribution in [0, 0.1) is 0 Å². The number of carbonyl (C=O) groups is 1. The summed E-state index contributed by atoms with van der Waals surface area (Å²) in [5.74, 6) is 0.258. The third-order valence-corrected chi connectivity index (χ3v) is 6.44. The second kappa shape index (κ2) is 10.5. The maximum atomic E-state index is 12.3. The van der Waals surface area contributed by atoms with Crippen LogP contribution in [-0.2, 0) is 13.2 Å². The molecule has 4 heterocycles. The van der Waals surface area contributed by atoms with Crippen LogP contribution < -0.4 is 15.6 Å². The van der Waals surface area contributed by atoms with Gasteiger partial charge in [-0.3, -0.25) is 14.6 Å². The molecule has 0 radical (unpaired) electrons. The summed E-state index contributed by atoms with van der Waals surface area (Å²) in [6, 6.07) is 17.8. The number of hydrogen-bond acceptors (Lipinski definition) is 7. The number of nitrogens with zero attached hydrogens (tertiary/aromatic N) is 4. The molecule has 1 aromatic carbocycles. The van der Waals surface area contributed by atoms with E-state index in [0.29, 0.717) is 37.5 Å². The third kappa shape index (κ3) is 5.35. The van der Waals surface area contributed by atoms with E-state index in [1.54, 1.807) is 59.7 Å². The molecular weight excluding hydrogens is 500 g/mol. The van der Waals surface area contributed by atoms with Crippen molar-refractivity contribution in [1.82, 2.24) is 30.3 Å². The van der Waals surface area contributed by atoms with Gasteiger partial charge in [-0.2, -0.15) is 0 Å². The number of amides is 1. The third-order valence-electron chi connectivity index (χ3n) is 5.21. The van der Waals surface area contributed by atoms with Crippen molar-refractivity contribution in [2.24, 2.45) is 0 Å². The average Bonchev–Trinajstić information content (AvgIpc) is 3.56. The molecule has 0 spiro atoms. The Morgan fingerprint density at radius 3 is 2.81 bits per heavy atom. The minimum atomic E-state index is -0.238. The van der Waals surface area contributed by atoms with Crippen molar-refractivity contribution >= 4 is 28.8 Å². The molecule has 9 nitrogen and oxygen atoms in total. The van der Waals surface area contributed by atoms with E-state index in [1.807, 2.05) is 24.3 Å². The van der Waals surface area contributed by atoms with E-state index in [1.165, 1.54) is 11.3 Å². The second-order valence-corrected chi connectivity index (χ2v) is 9.36. The molecule has 36 heavy (non-hydrogen) atoms. The second-order valence-electron chi connectivity index (χ2n) is 7.65. The molecule has 0 fully saturated rings. The maximum absolute atomic E-state index is 12.3. The van der Waals surface area contributed by atoms with Gasteiger partial charge in [0.05, 0.1) is 27.6 Å². The molecule has 11 heteroatoms. The van der Waals surface area contributed by atoms with Gasteiger partial charge < -0.3 is 15.0 Å². The van der Waals surface area contributed by atoms with Crippen LogP contribution in [0.2, 0.25) is 4.34 Å². The van der Waals surface area contributed by atoms with Gasteiger partial charge in [0.25, 0.3) is 11.5 Å². The fraction of sp³-hybridized carbons (Fsp3) is 0.0800. The van der Waals surface area contributed by atoms with Gasteiger partial charge in [-0.1, -0.05) is 28.9 Å². The molecule has 0 aliphatic heterocycles. The van der Waals surface area contributed by atoms with Gasteiger partial charge in [0.15, 0.2) is 0 Å². The molecule has 2 N–H and O–H groups in total. The molecular formula is C25H19ClN6O3S. The van der Waals surface area contributed by atoms with Crippen LogP contribution in [0.3, 0.4) is 0 Å². The molecule has 5 rings (SSSR count). The van der Waals surface area contributed by atoms with Crippen molar-refractivity contribution in [2.75, 3.05) is 0 Å². The Morgan fingerprint density at radius 2 is 2.03 bits per heavy atom. The lowest BCUT2D eigenvalue weighted by atomic mass is 10.1. The molecule has 180 valence electrons. The summed E-state index contributed by atoms with van der Waals surface area (Å²) in [4.78, 5) is 32.1. The van der Waals surface area contributed by atoms with E-state index in [9.17, 15) is 9.59 Å². The van der Waals surface area contributed by atoms with Crippen molar-refractivity contribution < 1.29 is 9.53 Å². The number of pyridine rings is 2. The summed E-state index contributed by atoms with van der Waals surface area (Å²) in [5.41, 5.74) is 2.94. The van der Waals surface area contributed by atoms with Gasteiger partial charge in [-0.25, -0.2) is 4.68 Å². The number of halogens is 1. The normalized spacial score (nSPS) is 10.8. The zero-order valence-electron chi connectivity index (χ0n) is 18.7. The van der Waals surface area contributed by atoms with Crippen molar-refractivity contribution in [1.29, 1.82) is 0 Å². The number of carbonyl (C=O) groups excluding carboxylic acids is 1. The molecule has 4 aromatic heterocycles. The first-order valence-electron chi connectivity index (χ1n) is 10.9. The fourth-order valence-electron chi connectivity index (χ4n) is 3.46. The zero-order chi connectivity index (χ0) is 24.9. The predicted octanol–water partition coefficient (Wildman–Crippen LogP) is 4.24. The number of ether oxygens (including phenoxy) is 1. The number of nitrogens with one attached hydrogen (secondary N) is 2. The number of benzene rings is 1. The highest BCUT2D eigenvalue weighted by Gasteiger charge is 2.14. The molecule has 0 unspecified atom stereocenters. The van der Waals surface area contributed by atoms with Gasteiger partial charge in [-0.05, 0) is 54.1 Å². The molecule has 1 amide bonds. The lowest BCUT2D eigenvalue weighted by Gasteiger charge is -2.13. The number of H-pyrrole nitrogens is 1. The van der Waals surface area contributed by atoms with E-state index in [4.69, 9.17) is 16.3 Å². The molecule has 0 saturated heterocycles. The minimum Gasteiger partial charge on any atom is -0.485 e. The molecule has 5 aromatic rings. The Balaban J connectivity index is 1.40. The molecule has 0 atom stereocenters. The van der Waals surface area contributed by atoms with Crippen LogP contribution in [0.1, 0.15) is 21.1 Å². The maximum Gasteiger partial charge on any atom is 0.261 e. The average molecular weight is 519 g/mol. The largest absolute Gasteiger partial charge is 0.485 e. The SMILES string of the molecule is O=C(NCc1cn(-c2ccc(-c3ccc[nH]c3=O)cc2OCc2ccccn2)nn1)c1ccc(Cl)s1. The Bertz CT molecular complexity index is 1560. The summed E-state index contributed by atoms with van der Waals surface area (Å²) >= 11 is 7.11. The number of hydrogen-bond donors (Lipinski definition) is 2. The van der Waals surface area contributed by atoms with Crippen LogP contribution in [0.25, 0.3) is 16.8 Å². The number of thiophene rings is 1. The number of aromatic amines is 1. The zero-order valence-corrected chi connectivity index (χ0v) is 20.3. The van der Waals surface area contributed by atoms with E-state index in [0.717, 1.165) is 5.69 Å². The Hall–Kier alpha value is -4.28. The Morgan fingerprint density at radius 1 is 1.11 bits per heavy atom. The highest BCUT2D eigenvalue weighted by atomic mass is 35.5. The van der Waals surface area contributed by atoms with Crippen molar-refractivity contribution in [2.45, 2.75) is 13.2 Å². The lowest BCUT2D eigenvalue weighted by molar-refractivity contribution is 0.0954. The van der Waals surface area contributed by atoms with E-state index in [2.05, 4.69) is 25.6 Å². The number of rotatable bonds is 8. The summed E-state index contributed by atoms with van der Waals surface area (Å²) in [6.45, 7) is 0.416. The first-order chi connectivity index (χ1) is 17.6. The smallest absolute Gasteiger partial charge is 0.261 e. The Labute approximate surface area is 214 Å². The van der Waals surface area contributed by atoms with Gasteiger partial charge in [0.1, 0.15) is 23.7 Å². The quantitative estimate of drug-likeness (QED) is 0.317. The highest BCUT2D eigenvalue weighted by Crippen LogP contribution is 2.29. The first-order valence-corrected chi connectivity index (χ1v) is 12.1. The Kier molecular flexibility index (Phi) is 6.87. The topological polar surface area (TPSA) is 115 Å². The van der Waals surface area contributed by atoms with Gasteiger partial charge in [0, 0.05) is 18.0 Å². The predicted molar refractivity (Wildman–Crippen MR) is 136 cm³/mol. The van der Waals surface area contributed by atoms with Gasteiger partial charge >= 0.3 is 0 Å². The van der Waals surface area contributed by atoms with Crippen molar-refractivity contribution in [3.8, 4) is 22.6 Å². The summed E-state index contributed by atoms with van der Waals surface area (Å²) in [5, 5.41) is 11.2. The van der Waals surface area contributed by atoms with Crippen LogP contribution in [-0.4, -0.2) is 30.9 Å². The van der Waals surface area contributed by atoms with Crippen LogP contribution >= 0.6 is 22.9 Å². The highest BCUT2D eigenvalue weighted by molar-refractivity contribution is 7.17. The van der Waals surface area contributed by atoms with Crippen molar-refractivity contribution in [3.63, 3.8) is 0 Å². The van der Waals surface area contributed by atoms with E-state index >= 15 is 0 Å². The molecule has 0 saturated carbocycles. The lowest BCUT2D eigenvalue weighted by Crippen LogP contribution is -2.21. The van der Waals surface area contributed by atoms with Gasteiger partial charge in [-0.15, -0.1) is 16.4 Å². The fourth-order valence-corrected chi connectivity index (χ4v) is 4.42. The van der Waals surface area contributed by atoms with E-state index < -0.39 is 0 Å². The summed E-state index contributed by atoms with van der Waals surface area (Å²) in [6.07, 6.45) is 4.99. The summed E-state index contributed by atoms with van der Waals surface area (Å²) in [7, 11) is 0. The summed E-state index contributed by atoms with van der Waals surface area (Å²) < 4.78 is 8.22. The molecule has 0 bridgehead atoms. The molecule has 0 aliphatic carbocycles. The van der Waals surface area contributed by atoms with Gasteiger partial charge in [0.2, 0.25) is 0 Å². The van der Waals surface area contributed by atoms with Crippen LogP contribution in [0.5, 0.6) is 5.75 Å².